The summed E-state index contributed by atoms with van der Waals surface area (Å²) in [5.41, 5.74) is 1.03. The van der Waals surface area contributed by atoms with Crippen LogP contribution >= 0.6 is 0 Å². The molecule has 0 saturated heterocycles. The summed E-state index contributed by atoms with van der Waals surface area (Å²) >= 11 is 0. The lowest BCUT2D eigenvalue weighted by Gasteiger charge is -2.21. The molecule has 0 aromatic heterocycles. The Hall–Kier alpha value is -1.79. The molecule has 0 spiro atoms. The summed E-state index contributed by atoms with van der Waals surface area (Å²) in [6, 6.07) is 5.77. The molecule has 0 radical (unpaired) electrons. The molecule has 6 nitrogen and oxygen atoms in total. The van der Waals surface area contributed by atoms with E-state index in [1.807, 2.05) is 25.1 Å². The Labute approximate surface area is 125 Å². The van der Waals surface area contributed by atoms with Crippen molar-refractivity contribution in [3.05, 3.63) is 23.8 Å². The Balaban J connectivity index is 1.88. The summed E-state index contributed by atoms with van der Waals surface area (Å²) < 4.78 is 15.6. The lowest BCUT2D eigenvalue weighted by atomic mass is 10.2. The highest BCUT2D eigenvalue weighted by Crippen LogP contribution is 2.32. The van der Waals surface area contributed by atoms with Gasteiger partial charge in [0.2, 0.25) is 12.7 Å². The van der Waals surface area contributed by atoms with Gasteiger partial charge >= 0.3 is 0 Å². The van der Waals surface area contributed by atoms with E-state index in [0.29, 0.717) is 32.8 Å². The van der Waals surface area contributed by atoms with Crippen LogP contribution in [0.3, 0.4) is 0 Å². The van der Waals surface area contributed by atoms with E-state index in [4.69, 9.17) is 14.2 Å². The van der Waals surface area contributed by atoms with E-state index < -0.39 is 0 Å². The first-order valence-electron chi connectivity index (χ1n) is 7.10. The fourth-order valence-electron chi connectivity index (χ4n) is 2.12. The van der Waals surface area contributed by atoms with Gasteiger partial charge in [-0.25, -0.2) is 0 Å². The number of ether oxygens (including phenoxy) is 3. The smallest absolute Gasteiger partial charge is 0.236 e. The number of nitrogens with one attached hydrogen (secondary N) is 1. The maximum absolute atomic E-state index is 12.1. The lowest BCUT2D eigenvalue weighted by molar-refractivity contribution is -0.130. The van der Waals surface area contributed by atoms with Crippen LogP contribution < -0.4 is 14.8 Å². The van der Waals surface area contributed by atoms with Crippen LogP contribution in [0.15, 0.2) is 18.2 Å². The van der Waals surface area contributed by atoms with Crippen molar-refractivity contribution in [2.24, 2.45) is 0 Å². The Bertz CT molecular complexity index is 479. The molecule has 0 aliphatic carbocycles. The number of hydrogen-bond acceptors (Lipinski definition) is 5. The van der Waals surface area contributed by atoms with Crippen LogP contribution in [-0.4, -0.2) is 51.0 Å². The average Bonchev–Trinajstić information content (AvgIpc) is 2.96. The van der Waals surface area contributed by atoms with Gasteiger partial charge in [-0.3, -0.25) is 4.79 Å². The Morgan fingerprint density at radius 2 is 2.19 bits per heavy atom. The van der Waals surface area contributed by atoms with Gasteiger partial charge < -0.3 is 24.4 Å². The predicted molar refractivity (Wildman–Crippen MR) is 78.4 cm³/mol. The van der Waals surface area contributed by atoms with Gasteiger partial charge in [0.05, 0.1) is 13.2 Å². The highest BCUT2D eigenvalue weighted by atomic mass is 16.7. The fourth-order valence-corrected chi connectivity index (χ4v) is 2.12. The third-order valence-corrected chi connectivity index (χ3v) is 3.30. The van der Waals surface area contributed by atoms with E-state index in [1.54, 1.807) is 12.0 Å². The van der Waals surface area contributed by atoms with E-state index >= 15 is 0 Å². The molecule has 1 amide bonds. The van der Waals surface area contributed by atoms with E-state index in [2.05, 4.69) is 5.32 Å². The fraction of sp³-hybridized carbons (Fsp3) is 0.533. The number of carbonyl (C=O) groups is 1. The number of hydrogen-bond donors (Lipinski definition) is 1. The van der Waals surface area contributed by atoms with Crippen molar-refractivity contribution in [1.29, 1.82) is 0 Å². The molecule has 1 aromatic carbocycles. The highest BCUT2D eigenvalue weighted by Gasteiger charge is 2.16. The van der Waals surface area contributed by atoms with Crippen molar-refractivity contribution in [1.82, 2.24) is 10.2 Å². The molecule has 1 aliphatic rings. The van der Waals surface area contributed by atoms with Crippen LogP contribution in [0, 0.1) is 0 Å². The molecule has 6 heteroatoms. The van der Waals surface area contributed by atoms with Crippen LogP contribution in [0.2, 0.25) is 0 Å². The number of likely N-dealkylation sites (N-methyl/N-ethyl adjacent to an activating group) is 1. The molecule has 0 unspecified atom stereocenters. The summed E-state index contributed by atoms with van der Waals surface area (Å²) in [4.78, 5) is 13.9. The number of fused-ring (bicyclic) bond motifs is 1. The first-order valence-corrected chi connectivity index (χ1v) is 7.10. The minimum Gasteiger partial charge on any atom is -0.454 e. The molecule has 2 rings (SSSR count). The monoisotopic (exact) mass is 294 g/mol. The standard InChI is InChI=1S/C15H22N2O4/c1-3-17(15(18)9-16-6-7-19-2)10-12-4-5-13-14(8-12)21-11-20-13/h4-5,8,16H,3,6-7,9-11H2,1-2H3. The van der Waals surface area contributed by atoms with Gasteiger partial charge in [-0.05, 0) is 24.6 Å². The maximum Gasteiger partial charge on any atom is 0.236 e. The van der Waals surface area contributed by atoms with Gasteiger partial charge in [0.1, 0.15) is 0 Å². The third-order valence-electron chi connectivity index (χ3n) is 3.30. The van der Waals surface area contributed by atoms with Crippen molar-refractivity contribution in [3.63, 3.8) is 0 Å². The topological polar surface area (TPSA) is 60.0 Å². The van der Waals surface area contributed by atoms with Gasteiger partial charge in [-0.1, -0.05) is 6.07 Å². The van der Waals surface area contributed by atoms with Gasteiger partial charge in [0.15, 0.2) is 11.5 Å². The first-order chi connectivity index (χ1) is 10.2. The van der Waals surface area contributed by atoms with Crippen LogP contribution in [0.25, 0.3) is 0 Å². The van der Waals surface area contributed by atoms with Crippen molar-refractivity contribution in [3.8, 4) is 11.5 Å². The normalized spacial score (nSPS) is 12.5. The molecule has 1 N–H and O–H groups in total. The number of rotatable bonds is 8. The Morgan fingerprint density at radius 1 is 1.38 bits per heavy atom. The quantitative estimate of drug-likeness (QED) is 0.725. The largest absolute Gasteiger partial charge is 0.454 e. The average molecular weight is 294 g/mol. The van der Waals surface area contributed by atoms with Crippen molar-refractivity contribution >= 4 is 5.91 Å². The van der Waals surface area contributed by atoms with E-state index in [1.165, 1.54) is 0 Å². The van der Waals surface area contributed by atoms with Crippen molar-refractivity contribution in [2.45, 2.75) is 13.5 Å². The number of carbonyl (C=O) groups excluding carboxylic acids is 1. The summed E-state index contributed by atoms with van der Waals surface area (Å²) in [7, 11) is 1.64. The molecule has 0 saturated carbocycles. The number of nitrogens with zero attached hydrogens (tertiary/aromatic N) is 1. The molecular formula is C15H22N2O4. The van der Waals surface area contributed by atoms with Gasteiger partial charge in [0.25, 0.3) is 0 Å². The number of amides is 1. The molecule has 116 valence electrons. The summed E-state index contributed by atoms with van der Waals surface area (Å²) in [6.45, 7) is 5.06. The zero-order valence-electron chi connectivity index (χ0n) is 12.6. The molecule has 0 bridgehead atoms. The minimum atomic E-state index is 0.0752. The zero-order chi connectivity index (χ0) is 15.1. The molecule has 0 fully saturated rings. The van der Waals surface area contributed by atoms with Crippen molar-refractivity contribution < 1.29 is 19.0 Å². The maximum atomic E-state index is 12.1. The van der Waals surface area contributed by atoms with Gasteiger partial charge in [0, 0.05) is 26.7 Å². The second kappa shape index (κ2) is 7.85. The Morgan fingerprint density at radius 3 is 2.95 bits per heavy atom. The summed E-state index contributed by atoms with van der Waals surface area (Å²) in [6.07, 6.45) is 0. The second-order valence-electron chi connectivity index (χ2n) is 4.77. The Kier molecular flexibility index (Phi) is 5.83. The third kappa shape index (κ3) is 4.34. The molecule has 1 aliphatic heterocycles. The minimum absolute atomic E-state index is 0.0752. The molecule has 21 heavy (non-hydrogen) atoms. The van der Waals surface area contributed by atoms with Crippen molar-refractivity contribution in [2.75, 3.05) is 40.1 Å². The predicted octanol–water partition coefficient (Wildman–Crippen LogP) is 1.000. The summed E-state index contributed by atoms with van der Waals surface area (Å²) in [5, 5.41) is 3.07. The van der Waals surface area contributed by atoms with Gasteiger partial charge in [-0.15, -0.1) is 0 Å². The SMILES string of the molecule is CCN(Cc1ccc2c(c1)OCO2)C(=O)CNCCOC. The highest BCUT2D eigenvalue weighted by molar-refractivity contribution is 5.78. The van der Waals surface area contributed by atoms with E-state index in [9.17, 15) is 4.79 Å². The van der Waals surface area contributed by atoms with E-state index in [0.717, 1.165) is 17.1 Å². The first kappa shape index (κ1) is 15.6. The number of benzene rings is 1. The molecule has 0 atom stereocenters. The van der Waals surface area contributed by atoms with Crippen LogP contribution in [-0.2, 0) is 16.1 Å². The second-order valence-corrected chi connectivity index (χ2v) is 4.77. The van der Waals surface area contributed by atoms with Crippen LogP contribution in [0.5, 0.6) is 11.5 Å². The van der Waals surface area contributed by atoms with Gasteiger partial charge in [-0.2, -0.15) is 0 Å². The van der Waals surface area contributed by atoms with Crippen LogP contribution in [0.4, 0.5) is 0 Å². The molecule has 1 aromatic rings. The molecule has 1 heterocycles. The lowest BCUT2D eigenvalue weighted by Crippen LogP contribution is -2.38. The van der Waals surface area contributed by atoms with Crippen LogP contribution in [0.1, 0.15) is 12.5 Å². The number of methoxy groups -OCH3 is 1. The molecular weight excluding hydrogens is 272 g/mol. The zero-order valence-corrected chi connectivity index (χ0v) is 12.6. The van der Waals surface area contributed by atoms with E-state index in [-0.39, 0.29) is 12.7 Å². The summed E-state index contributed by atoms with van der Waals surface area (Å²) in [5.74, 6) is 1.58.